The van der Waals surface area contributed by atoms with E-state index in [0.29, 0.717) is 0 Å². The van der Waals surface area contributed by atoms with Gasteiger partial charge in [-0.1, -0.05) is 6.92 Å². The zero-order valence-electron chi connectivity index (χ0n) is 4.31. The van der Waals surface area contributed by atoms with Crippen molar-refractivity contribution < 1.29 is 5.11 Å². The van der Waals surface area contributed by atoms with Gasteiger partial charge in [-0.2, -0.15) is 0 Å². The van der Waals surface area contributed by atoms with Crippen LogP contribution in [-0.4, -0.2) is 17.5 Å². The lowest BCUT2D eigenvalue weighted by molar-refractivity contribution is 0.269. The fourth-order valence-electron chi connectivity index (χ4n) is 0.0983. The second-order valence-electron chi connectivity index (χ2n) is 1.54. The molecule has 0 aromatic carbocycles. The number of nitrogens with one attached hydrogen (secondary N) is 1. The second-order valence-corrected chi connectivity index (χ2v) is 1.54. The molecule has 7 heavy (non-hydrogen) atoms. The highest BCUT2D eigenvalue weighted by Gasteiger charge is 1.99. The van der Waals surface area contributed by atoms with Crippen molar-refractivity contribution in [2.24, 2.45) is 11.7 Å². The summed E-state index contributed by atoms with van der Waals surface area (Å²) < 4.78 is 0. The smallest absolute Gasteiger partial charge is 0.0957 e. The van der Waals surface area contributed by atoms with E-state index < -0.39 is 0 Å². The van der Waals surface area contributed by atoms with Gasteiger partial charge in [0.05, 0.1) is 12.4 Å². The summed E-state index contributed by atoms with van der Waals surface area (Å²) in [6.07, 6.45) is 0. The van der Waals surface area contributed by atoms with Crippen LogP contribution in [0.5, 0.6) is 0 Å². The lowest BCUT2D eigenvalue weighted by Crippen LogP contribution is -2.22. The number of hydrogen-bond acceptors (Lipinski definition) is 2. The zero-order chi connectivity index (χ0) is 5.86. The monoisotopic (exact) mass is 102 g/mol. The molecule has 0 rings (SSSR count). The SMILES string of the molecule is CC(CO)C(=N)N. The first kappa shape index (κ1) is 6.43. The van der Waals surface area contributed by atoms with E-state index in [4.69, 9.17) is 16.2 Å². The van der Waals surface area contributed by atoms with Crippen LogP contribution < -0.4 is 5.73 Å². The topological polar surface area (TPSA) is 70.1 Å². The molecule has 0 aliphatic heterocycles. The van der Waals surface area contributed by atoms with Gasteiger partial charge in [0.25, 0.3) is 0 Å². The lowest BCUT2D eigenvalue weighted by atomic mass is 10.2. The Morgan fingerprint density at radius 1 is 2.00 bits per heavy atom. The Morgan fingerprint density at radius 3 is 2.43 bits per heavy atom. The highest BCUT2D eigenvalue weighted by atomic mass is 16.3. The van der Waals surface area contributed by atoms with Gasteiger partial charge in [0.1, 0.15) is 0 Å². The molecular weight excluding hydrogens is 92.1 g/mol. The van der Waals surface area contributed by atoms with Gasteiger partial charge in [-0.05, 0) is 0 Å². The molecule has 0 heterocycles. The molecule has 3 heteroatoms. The number of nitrogens with two attached hydrogens (primary N) is 1. The first-order valence-electron chi connectivity index (χ1n) is 2.13. The molecule has 0 saturated heterocycles. The number of hydrogen-bond donors (Lipinski definition) is 3. The van der Waals surface area contributed by atoms with E-state index in [1.165, 1.54) is 0 Å². The molecule has 0 radical (unpaired) electrons. The molecule has 0 aliphatic rings. The van der Waals surface area contributed by atoms with Crippen molar-refractivity contribution in [2.75, 3.05) is 6.61 Å². The number of aliphatic hydroxyl groups excluding tert-OH is 1. The minimum atomic E-state index is -0.181. The summed E-state index contributed by atoms with van der Waals surface area (Å²) in [6, 6.07) is 0. The van der Waals surface area contributed by atoms with Crippen molar-refractivity contribution >= 4 is 5.84 Å². The van der Waals surface area contributed by atoms with Crippen LogP contribution in [0.4, 0.5) is 0 Å². The molecule has 1 atom stereocenters. The Balaban J connectivity index is 3.34. The summed E-state index contributed by atoms with van der Waals surface area (Å²) in [4.78, 5) is 0. The predicted molar refractivity (Wildman–Crippen MR) is 28.2 cm³/mol. The maximum atomic E-state index is 8.28. The average Bonchev–Trinajstić information content (AvgIpc) is 1.65. The Morgan fingerprint density at radius 2 is 2.43 bits per heavy atom. The van der Waals surface area contributed by atoms with E-state index in [9.17, 15) is 0 Å². The van der Waals surface area contributed by atoms with E-state index >= 15 is 0 Å². The van der Waals surface area contributed by atoms with Crippen LogP contribution in [0.2, 0.25) is 0 Å². The maximum absolute atomic E-state index is 8.28. The van der Waals surface area contributed by atoms with E-state index in [2.05, 4.69) is 0 Å². The summed E-state index contributed by atoms with van der Waals surface area (Å²) in [6.45, 7) is 1.66. The predicted octanol–water partition coefficient (Wildman–Crippen LogP) is -0.449. The minimum absolute atomic E-state index is 0.0324. The van der Waals surface area contributed by atoms with E-state index in [-0.39, 0.29) is 18.4 Å². The first-order valence-corrected chi connectivity index (χ1v) is 2.13. The molecule has 42 valence electrons. The van der Waals surface area contributed by atoms with Crippen LogP contribution in [0, 0.1) is 11.3 Å². The van der Waals surface area contributed by atoms with Gasteiger partial charge in [-0.15, -0.1) is 0 Å². The quantitative estimate of drug-likeness (QED) is 0.326. The molecule has 0 aromatic heterocycles. The molecule has 0 saturated carbocycles. The second kappa shape index (κ2) is 2.58. The molecule has 0 fully saturated rings. The Kier molecular flexibility index (Phi) is 2.37. The Hall–Kier alpha value is -0.570. The summed E-state index contributed by atoms with van der Waals surface area (Å²) in [7, 11) is 0. The molecule has 0 aliphatic carbocycles. The molecular formula is C4H10N2O. The first-order chi connectivity index (χ1) is 3.18. The lowest BCUT2D eigenvalue weighted by Gasteiger charge is -2.01. The molecule has 0 amide bonds. The maximum Gasteiger partial charge on any atom is 0.0957 e. The highest BCUT2D eigenvalue weighted by molar-refractivity contribution is 5.79. The molecule has 0 aromatic rings. The largest absolute Gasteiger partial charge is 0.396 e. The van der Waals surface area contributed by atoms with Gasteiger partial charge in [0.15, 0.2) is 0 Å². The van der Waals surface area contributed by atoms with Crippen LogP contribution in [0.25, 0.3) is 0 Å². The van der Waals surface area contributed by atoms with E-state index in [1.807, 2.05) is 0 Å². The third-order valence-corrected chi connectivity index (χ3v) is 0.805. The van der Waals surface area contributed by atoms with Gasteiger partial charge in [0.2, 0.25) is 0 Å². The molecule has 0 spiro atoms. The van der Waals surface area contributed by atoms with Crippen LogP contribution in [0.3, 0.4) is 0 Å². The van der Waals surface area contributed by atoms with Gasteiger partial charge >= 0.3 is 0 Å². The van der Waals surface area contributed by atoms with Crippen LogP contribution in [-0.2, 0) is 0 Å². The minimum Gasteiger partial charge on any atom is -0.396 e. The van der Waals surface area contributed by atoms with Gasteiger partial charge in [-0.3, -0.25) is 5.41 Å². The fraction of sp³-hybridized carbons (Fsp3) is 0.750. The van der Waals surface area contributed by atoms with Crippen LogP contribution in [0.1, 0.15) is 6.92 Å². The molecule has 4 N–H and O–H groups in total. The highest BCUT2D eigenvalue weighted by Crippen LogP contribution is 1.87. The van der Waals surface area contributed by atoms with Gasteiger partial charge in [-0.25, -0.2) is 0 Å². The number of rotatable bonds is 2. The Labute approximate surface area is 42.7 Å². The Bertz CT molecular complexity index is 72.1. The normalized spacial score (nSPS) is 13.4. The molecule has 1 unspecified atom stereocenters. The zero-order valence-corrected chi connectivity index (χ0v) is 4.31. The summed E-state index contributed by atoms with van der Waals surface area (Å²) in [5.74, 6) is -0.137. The van der Waals surface area contributed by atoms with Crippen molar-refractivity contribution in [2.45, 2.75) is 6.92 Å². The van der Waals surface area contributed by atoms with Crippen molar-refractivity contribution in [1.29, 1.82) is 5.41 Å². The summed E-state index contributed by atoms with van der Waals surface area (Å²) >= 11 is 0. The van der Waals surface area contributed by atoms with Crippen molar-refractivity contribution in [1.82, 2.24) is 0 Å². The van der Waals surface area contributed by atoms with Crippen molar-refractivity contribution in [3.05, 3.63) is 0 Å². The van der Waals surface area contributed by atoms with Gasteiger partial charge in [0, 0.05) is 5.92 Å². The average molecular weight is 102 g/mol. The van der Waals surface area contributed by atoms with Crippen molar-refractivity contribution in [3.63, 3.8) is 0 Å². The van der Waals surface area contributed by atoms with Gasteiger partial charge < -0.3 is 10.8 Å². The summed E-state index contributed by atoms with van der Waals surface area (Å²) in [5, 5.41) is 15.0. The fourth-order valence-corrected chi connectivity index (χ4v) is 0.0983. The third kappa shape index (κ3) is 2.17. The summed E-state index contributed by atoms with van der Waals surface area (Å²) in [5.41, 5.74) is 4.97. The third-order valence-electron chi connectivity index (χ3n) is 0.805. The van der Waals surface area contributed by atoms with E-state index in [0.717, 1.165) is 0 Å². The standard InChI is InChI=1S/C4H10N2O/c1-3(2-7)4(5)6/h3,7H,2H2,1H3,(H3,5,6). The number of aliphatic hydroxyl groups is 1. The molecule has 0 bridgehead atoms. The van der Waals surface area contributed by atoms with E-state index in [1.54, 1.807) is 6.92 Å². The van der Waals surface area contributed by atoms with Crippen LogP contribution >= 0.6 is 0 Å². The van der Waals surface area contributed by atoms with Crippen LogP contribution in [0.15, 0.2) is 0 Å². The number of amidine groups is 1. The van der Waals surface area contributed by atoms with Crippen molar-refractivity contribution in [3.8, 4) is 0 Å². The molecule has 3 nitrogen and oxygen atoms in total.